The first kappa shape index (κ1) is 11.8. The van der Waals surface area contributed by atoms with Gasteiger partial charge in [-0.25, -0.2) is 0 Å². The molecule has 0 atom stereocenters. The molecular formula is C11H13N3O2S. The summed E-state index contributed by atoms with van der Waals surface area (Å²) in [5.74, 6) is 0.839. The number of nitrogens with zero attached hydrogens (tertiary/aromatic N) is 2. The predicted octanol–water partition coefficient (Wildman–Crippen LogP) is 1.72. The maximum Gasteiger partial charge on any atom is 0.133 e. The lowest BCUT2D eigenvalue weighted by atomic mass is 10.3. The number of rotatable bonds is 6. The highest BCUT2D eigenvalue weighted by molar-refractivity contribution is 7.09. The standard InChI is InChI=1S/C11H13N3O2S/c12-11-10(13-14-17-11)8-15-6-7-16-9-4-2-1-3-5-9/h1-5H,6-8,12H2. The number of ether oxygens (including phenoxy) is 2. The number of para-hydroxylation sites is 1. The average Bonchev–Trinajstić information content (AvgIpc) is 2.76. The van der Waals surface area contributed by atoms with Crippen molar-refractivity contribution in [2.75, 3.05) is 18.9 Å². The van der Waals surface area contributed by atoms with Gasteiger partial charge in [0.2, 0.25) is 0 Å². The van der Waals surface area contributed by atoms with E-state index in [1.54, 1.807) is 0 Å². The molecule has 0 bridgehead atoms. The molecule has 0 spiro atoms. The van der Waals surface area contributed by atoms with E-state index >= 15 is 0 Å². The summed E-state index contributed by atoms with van der Waals surface area (Å²) in [6.45, 7) is 1.37. The molecule has 0 saturated heterocycles. The molecule has 1 heterocycles. The minimum atomic E-state index is 0.375. The number of anilines is 1. The summed E-state index contributed by atoms with van der Waals surface area (Å²) < 4.78 is 14.6. The molecule has 6 heteroatoms. The summed E-state index contributed by atoms with van der Waals surface area (Å²) in [4.78, 5) is 0. The molecule has 2 rings (SSSR count). The number of hydrogen-bond acceptors (Lipinski definition) is 6. The van der Waals surface area contributed by atoms with Crippen LogP contribution in [0.3, 0.4) is 0 Å². The zero-order chi connectivity index (χ0) is 11.9. The summed E-state index contributed by atoms with van der Waals surface area (Å²) in [5.41, 5.74) is 6.32. The van der Waals surface area contributed by atoms with E-state index in [4.69, 9.17) is 15.2 Å². The minimum absolute atomic E-state index is 0.375. The average molecular weight is 251 g/mol. The van der Waals surface area contributed by atoms with Gasteiger partial charge in [0.1, 0.15) is 23.1 Å². The van der Waals surface area contributed by atoms with Crippen molar-refractivity contribution in [2.24, 2.45) is 0 Å². The summed E-state index contributed by atoms with van der Waals surface area (Å²) in [7, 11) is 0. The molecule has 5 nitrogen and oxygen atoms in total. The van der Waals surface area contributed by atoms with Gasteiger partial charge in [-0.2, -0.15) is 0 Å². The van der Waals surface area contributed by atoms with Crippen LogP contribution in [0.15, 0.2) is 30.3 Å². The Labute approximate surface area is 103 Å². The van der Waals surface area contributed by atoms with E-state index in [1.807, 2.05) is 30.3 Å². The Morgan fingerprint density at radius 3 is 2.71 bits per heavy atom. The van der Waals surface area contributed by atoms with Gasteiger partial charge in [-0.3, -0.25) is 0 Å². The molecule has 2 N–H and O–H groups in total. The molecule has 0 radical (unpaired) electrons. The second-order valence-corrected chi connectivity index (χ2v) is 4.08. The van der Waals surface area contributed by atoms with Crippen molar-refractivity contribution in [2.45, 2.75) is 6.61 Å². The Kier molecular flexibility index (Phi) is 4.29. The highest BCUT2D eigenvalue weighted by atomic mass is 32.1. The van der Waals surface area contributed by atoms with Gasteiger partial charge in [0.25, 0.3) is 0 Å². The zero-order valence-electron chi connectivity index (χ0n) is 9.20. The number of aromatic nitrogens is 2. The Morgan fingerprint density at radius 2 is 2.00 bits per heavy atom. The molecule has 0 fully saturated rings. The molecule has 0 aliphatic heterocycles. The van der Waals surface area contributed by atoms with Crippen LogP contribution in [0.5, 0.6) is 5.75 Å². The van der Waals surface area contributed by atoms with Crippen LogP contribution in [0.2, 0.25) is 0 Å². The van der Waals surface area contributed by atoms with Gasteiger partial charge in [-0.05, 0) is 12.1 Å². The van der Waals surface area contributed by atoms with Crippen LogP contribution >= 0.6 is 11.5 Å². The SMILES string of the molecule is Nc1snnc1COCCOc1ccccc1. The first-order valence-corrected chi connectivity index (χ1v) is 5.96. The van der Waals surface area contributed by atoms with Gasteiger partial charge in [-0.15, -0.1) is 5.10 Å². The molecule has 90 valence electrons. The van der Waals surface area contributed by atoms with Crippen molar-refractivity contribution in [3.63, 3.8) is 0 Å². The first-order valence-electron chi connectivity index (χ1n) is 5.18. The fourth-order valence-corrected chi connectivity index (χ4v) is 1.65. The predicted molar refractivity (Wildman–Crippen MR) is 65.9 cm³/mol. The zero-order valence-corrected chi connectivity index (χ0v) is 10.0. The third-order valence-corrected chi connectivity index (χ3v) is 2.66. The van der Waals surface area contributed by atoms with Crippen LogP contribution in [0.1, 0.15) is 5.69 Å². The van der Waals surface area contributed by atoms with Crippen molar-refractivity contribution in [1.82, 2.24) is 9.59 Å². The van der Waals surface area contributed by atoms with E-state index < -0.39 is 0 Å². The molecule has 2 aromatic rings. The second kappa shape index (κ2) is 6.17. The Bertz CT molecular complexity index is 447. The Morgan fingerprint density at radius 1 is 1.18 bits per heavy atom. The van der Waals surface area contributed by atoms with Gasteiger partial charge >= 0.3 is 0 Å². The van der Waals surface area contributed by atoms with Crippen LogP contribution < -0.4 is 10.5 Å². The van der Waals surface area contributed by atoms with Gasteiger partial charge in [0.05, 0.1) is 13.2 Å². The molecule has 0 unspecified atom stereocenters. The smallest absolute Gasteiger partial charge is 0.133 e. The van der Waals surface area contributed by atoms with Crippen molar-refractivity contribution >= 4 is 16.5 Å². The van der Waals surface area contributed by atoms with E-state index in [2.05, 4.69) is 9.59 Å². The topological polar surface area (TPSA) is 70.3 Å². The van der Waals surface area contributed by atoms with E-state index in [9.17, 15) is 0 Å². The normalized spacial score (nSPS) is 10.4. The highest BCUT2D eigenvalue weighted by Crippen LogP contribution is 2.13. The van der Waals surface area contributed by atoms with Crippen molar-refractivity contribution in [3.05, 3.63) is 36.0 Å². The number of nitrogens with two attached hydrogens (primary N) is 1. The lowest BCUT2D eigenvalue weighted by Gasteiger charge is -2.05. The van der Waals surface area contributed by atoms with E-state index in [0.29, 0.717) is 30.5 Å². The lowest BCUT2D eigenvalue weighted by molar-refractivity contribution is 0.0872. The first-order chi connectivity index (χ1) is 8.36. The van der Waals surface area contributed by atoms with Gasteiger partial charge in [0, 0.05) is 11.5 Å². The van der Waals surface area contributed by atoms with Gasteiger partial charge in [0.15, 0.2) is 0 Å². The molecule has 1 aromatic heterocycles. The van der Waals surface area contributed by atoms with E-state index in [0.717, 1.165) is 5.75 Å². The molecule has 1 aromatic carbocycles. The molecule has 0 saturated carbocycles. The molecular weight excluding hydrogens is 238 g/mol. The quantitative estimate of drug-likeness (QED) is 0.791. The second-order valence-electron chi connectivity index (χ2n) is 3.30. The van der Waals surface area contributed by atoms with Crippen LogP contribution in [0.25, 0.3) is 0 Å². The lowest BCUT2D eigenvalue weighted by Crippen LogP contribution is -2.07. The fourth-order valence-electron chi connectivity index (χ4n) is 1.22. The highest BCUT2D eigenvalue weighted by Gasteiger charge is 2.03. The van der Waals surface area contributed by atoms with E-state index in [1.165, 1.54) is 11.5 Å². The van der Waals surface area contributed by atoms with Crippen molar-refractivity contribution in [1.29, 1.82) is 0 Å². The van der Waals surface area contributed by atoms with Crippen molar-refractivity contribution in [3.8, 4) is 5.75 Å². The third-order valence-electron chi connectivity index (χ3n) is 2.06. The molecule has 0 aliphatic carbocycles. The van der Waals surface area contributed by atoms with Gasteiger partial charge in [-0.1, -0.05) is 22.7 Å². The number of hydrogen-bond donors (Lipinski definition) is 1. The van der Waals surface area contributed by atoms with Crippen LogP contribution in [0, 0.1) is 0 Å². The van der Waals surface area contributed by atoms with E-state index in [-0.39, 0.29) is 0 Å². The molecule has 17 heavy (non-hydrogen) atoms. The third kappa shape index (κ3) is 3.69. The maximum atomic E-state index is 5.63. The summed E-state index contributed by atoms with van der Waals surface area (Å²) in [5, 5.41) is 4.45. The van der Waals surface area contributed by atoms with Crippen LogP contribution in [-0.4, -0.2) is 22.8 Å². The number of nitrogen functional groups attached to an aromatic ring is 1. The number of benzene rings is 1. The summed E-state index contributed by atoms with van der Waals surface area (Å²) in [6, 6.07) is 9.61. The minimum Gasteiger partial charge on any atom is -0.491 e. The fraction of sp³-hybridized carbons (Fsp3) is 0.273. The Balaban J connectivity index is 1.63. The largest absolute Gasteiger partial charge is 0.491 e. The summed E-state index contributed by atoms with van der Waals surface area (Å²) in [6.07, 6.45) is 0. The maximum absolute atomic E-state index is 5.63. The van der Waals surface area contributed by atoms with Crippen LogP contribution in [0.4, 0.5) is 5.00 Å². The summed E-state index contributed by atoms with van der Waals surface area (Å²) >= 11 is 1.17. The monoisotopic (exact) mass is 251 g/mol. The molecule has 0 amide bonds. The van der Waals surface area contributed by atoms with Crippen molar-refractivity contribution < 1.29 is 9.47 Å². The Hall–Kier alpha value is -1.66. The van der Waals surface area contributed by atoms with Gasteiger partial charge < -0.3 is 15.2 Å². The van der Waals surface area contributed by atoms with Crippen LogP contribution in [-0.2, 0) is 11.3 Å². The molecule has 0 aliphatic rings.